The van der Waals surface area contributed by atoms with Crippen LogP contribution in [0.5, 0.6) is 0 Å². The van der Waals surface area contributed by atoms with E-state index in [2.05, 4.69) is 27.2 Å². The standard InChI is InChI=1S/C14H20N6O/c1-4-14(9-21-10-14)8-20-7-12(17-18-20)11-5-15-13(16-6-11)19(2)3/h5-7H,4,8-10H2,1-3H3. The first kappa shape index (κ1) is 13.9. The highest BCUT2D eigenvalue weighted by Crippen LogP contribution is 2.33. The summed E-state index contributed by atoms with van der Waals surface area (Å²) in [5.41, 5.74) is 1.89. The average Bonchev–Trinajstić information content (AvgIpc) is 2.91. The van der Waals surface area contributed by atoms with Gasteiger partial charge in [-0.3, -0.25) is 4.68 Å². The highest BCUT2D eigenvalue weighted by atomic mass is 16.5. The van der Waals surface area contributed by atoms with Crippen LogP contribution in [0.15, 0.2) is 18.6 Å². The van der Waals surface area contributed by atoms with Crippen molar-refractivity contribution in [3.05, 3.63) is 18.6 Å². The van der Waals surface area contributed by atoms with Crippen molar-refractivity contribution in [1.29, 1.82) is 0 Å². The lowest BCUT2D eigenvalue weighted by molar-refractivity contribution is -0.125. The molecule has 0 bridgehead atoms. The van der Waals surface area contributed by atoms with Gasteiger partial charge in [0.1, 0.15) is 5.69 Å². The third-order valence-corrected chi connectivity index (χ3v) is 3.94. The van der Waals surface area contributed by atoms with E-state index in [0.29, 0.717) is 5.95 Å². The van der Waals surface area contributed by atoms with Crippen molar-refractivity contribution in [2.24, 2.45) is 5.41 Å². The summed E-state index contributed by atoms with van der Waals surface area (Å²) < 4.78 is 7.23. The molecule has 7 nitrogen and oxygen atoms in total. The molecule has 112 valence electrons. The van der Waals surface area contributed by atoms with Gasteiger partial charge in [-0.25, -0.2) is 9.97 Å². The first-order valence-corrected chi connectivity index (χ1v) is 7.09. The predicted molar refractivity (Wildman–Crippen MR) is 78.9 cm³/mol. The van der Waals surface area contributed by atoms with Crippen LogP contribution in [0.3, 0.4) is 0 Å². The maximum Gasteiger partial charge on any atom is 0.224 e. The van der Waals surface area contributed by atoms with Gasteiger partial charge < -0.3 is 9.64 Å². The molecule has 2 aromatic rings. The van der Waals surface area contributed by atoms with Crippen LogP contribution in [0.2, 0.25) is 0 Å². The van der Waals surface area contributed by atoms with E-state index in [9.17, 15) is 0 Å². The topological polar surface area (TPSA) is 69.0 Å². The van der Waals surface area contributed by atoms with E-state index in [-0.39, 0.29) is 5.41 Å². The molecule has 0 atom stereocenters. The number of hydrogen-bond donors (Lipinski definition) is 0. The highest BCUT2D eigenvalue weighted by molar-refractivity contribution is 5.55. The number of aromatic nitrogens is 5. The van der Waals surface area contributed by atoms with Gasteiger partial charge in [0.15, 0.2) is 0 Å². The third-order valence-electron chi connectivity index (χ3n) is 3.94. The molecule has 3 rings (SSSR count). The Bertz CT molecular complexity index is 597. The van der Waals surface area contributed by atoms with E-state index in [1.165, 1.54) is 0 Å². The Labute approximate surface area is 124 Å². The van der Waals surface area contributed by atoms with E-state index in [1.807, 2.05) is 29.9 Å². The minimum absolute atomic E-state index is 0.219. The molecular weight excluding hydrogens is 268 g/mol. The SMILES string of the molecule is CCC1(Cn2cc(-c3cnc(N(C)C)nc3)nn2)COC1. The van der Waals surface area contributed by atoms with Crippen molar-refractivity contribution >= 4 is 5.95 Å². The van der Waals surface area contributed by atoms with Gasteiger partial charge in [-0.1, -0.05) is 12.1 Å². The Morgan fingerprint density at radius 2 is 2.00 bits per heavy atom. The summed E-state index contributed by atoms with van der Waals surface area (Å²) in [6, 6.07) is 0. The summed E-state index contributed by atoms with van der Waals surface area (Å²) in [6.45, 7) is 4.64. The van der Waals surface area contributed by atoms with Crippen LogP contribution >= 0.6 is 0 Å². The van der Waals surface area contributed by atoms with Gasteiger partial charge in [-0.2, -0.15) is 0 Å². The summed E-state index contributed by atoms with van der Waals surface area (Å²) >= 11 is 0. The summed E-state index contributed by atoms with van der Waals surface area (Å²) in [4.78, 5) is 10.5. The maximum absolute atomic E-state index is 5.34. The first-order chi connectivity index (χ1) is 10.1. The average molecular weight is 288 g/mol. The van der Waals surface area contributed by atoms with Crippen LogP contribution in [0.1, 0.15) is 13.3 Å². The maximum atomic E-state index is 5.34. The molecule has 1 fully saturated rings. The molecule has 0 spiro atoms. The van der Waals surface area contributed by atoms with Gasteiger partial charge >= 0.3 is 0 Å². The molecule has 0 saturated carbocycles. The number of nitrogens with zero attached hydrogens (tertiary/aromatic N) is 6. The lowest BCUT2D eigenvalue weighted by Crippen LogP contribution is -2.45. The van der Waals surface area contributed by atoms with E-state index < -0.39 is 0 Å². The highest BCUT2D eigenvalue weighted by Gasteiger charge is 2.37. The molecular formula is C14H20N6O. The smallest absolute Gasteiger partial charge is 0.224 e. The van der Waals surface area contributed by atoms with Crippen LogP contribution in [0.25, 0.3) is 11.3 Å². The van der Waals surface area contributed by atoms with Crippen LogP contribution in [-0.2, 0) is 11.3 Å². The van der Waals surface area contributed by atoms with Crippen molar-refractivity contribution in [2.45, 2.75) is 19.9 Å². The molecule has 21 heavy (non-hydrogen) atoms. The van der Waals surface area contributed by atoms with Crippen molar-refractivity contribution < 1.29 is 4.74 Å². The van der Waals surface area contributed by atoms with Crippen LogP contribution in [0.4, 0.5) is 5.95 Å². The summed E-state index contributed by atoms with van der Waals surface area (Å²) in [5, 5.41) is 8.43. The molecule has 0 aromatic carbocycles. The zero-order chi connectivity index (χ0) is 14.9. The van der Waals surface area contributed by atoms with Crippen LogP contribution in [0, 0.1) is 5.41 Å². The molecule has 1 aliphatic rings. The fourth-order valence-corrected chi connectivity index (χ4v) is 2.33. The Morgan fingerprint density at radius 1 is 1.29 bits per heavy atom. The van der Waals surface area contributed by atoms with Gasteiger partial charge in [-0.05, 0) is 6.42 Å². The van der Waals surface area contributed by atoms with Gasteiger partial charge in [0, 0.05) is 37.5 Å². The monoisotopic (exact) mass is 288 g/mol. The Balaban J connectivity index is 1.75. The molecule has 0 unspecified atom stereocenters. The fraction of sp³-hybridized carbons (Fsp3) is 0.571. The predicted octanol–water partition coefficient (Wildman–Crippen LogP) is 1.23. The second-order valence-electron chi connectivity index (χ2n) is 5.81. The fourth-order valence-electron chi connectivity index (χ4n) is 2.33. The summed E-state index contributed by atoms with van der Waals surface area (Å²) in [5.74, 6) is 0.683. The van der Waals surface area contributed by atoms with Gasteiger partial charge in [0.25, 0.3) is 0 Å². The Morgan fingerprint density at radius 3 is 2.52 bits per heavy atom. The molecule has 3 heterocycles. The number of anilines is 1. The lowest BCUT2D eigenvalue weighted by Gasteiger charge is -2.40. The lowest BCUT2D eigenvalue weighted by atomic mass is 9.83. The van der Waals surface area contributed by atoms with Crippen molar-refractivity contribution in [3.63, 3.8) is 0 Å². The normalized spacial score (nSPS) is 16.5. The van der Waals surface area contributed by atoms with E-state index in [0.717, 1.165) is 37.4 Å². The Kier molecular flexibility index (Phi) is 3.59. The van der Waals surface area contributed by atoms with Crippen molar-refractivity contribution in [3.8, 4) is 11.3 Å². The largest absolute Gasteiger partial charge is 0.380 e. The number of hydrogen-bond acceptors (Lipinski definition) is 6. The minimum atomic E-state index is 0.219. The van der Waals surface area contributed by atoms with Crippen molar-refractivity contribution in [1.82, 2.24) is 25.0 Å². The molecule has 0 N–H and O–H groups in total. The molecule has 1 aliphatic heterocycles. The molecule has 0 aliphatic carbocycles. The summed E-state index contributed by atoms with van der Waals surface area (Å²) in [7, 11) is 3.83. The third kappa shape index (κ3) is 2.73. The molecule has 1 saturated heterocycles. The minimum Gasteiger partial charge on any atom is -0.380 e. The second kappa shape index (κ2) is 5.40. The Hall–Kier alpha value is -2.02. The zero-order valence-electron chi connectivity index (χ0n) is 12.7. The van der Waals surface area contributed by atoms with E-state index in [1.54, 1.807) is 12.4 Å². The van der Waals surface area contributed by atoms with Gasteiger partial charge in [-0.15, -0.1) is 5.10 Å². The first-order valence-electron chi connectivity index (χ1n) is 7.09. The quantitative estimate of drug-likeness (QED) is 0.824. The van der Waals surface area contributed by atoms with Gasteiger partial charge in [0.2, 0.25) is 5.95 Å². The van der Waals surface area contributed by atoms with E-state index in [4.69, 9.17) is 4.74 Å². The van der Waals surface area contributed by atoms with E-state index >= 15 is 0 Å². The second-order valence-corrected chi connectivity index (χ2v) is 5.81. The molecule has 7 heteroatoms. The number of rotatable bonds is 5. The molecule has 0 radical (unpaired) electrons. The molecule has 0 amide bonds. The number of ether oxygens (including phenoxy) is 1. The zero-order valence-corrected chi connectivity index (χ0v) is 12.7. The summed E-state index contributed by atoms with van der Waals surface area (Å²) in [6.07, 6.45) is 6.59. The molecule has 2 aromatic heterocycles. The van der Waals surface area contributed by atoms with Gasteiger partial charge in [0.05, 0.1) is 26.0 Å². The van der Waals surface area contributed by atoms with Crippen molar-refractivity contribution in [2.75, 3.05) is 32.2 Å². The van der Waals surface area contributed by atoms with Crippen LogP contribution < -0.4 is 4.90 Å². The van der Waals surface area contributed by atoms with Crippen LogP contribution in [-0.4, -0.2) is 52.3 Å².